The molecule has 0 unspecified atom stereocenters. The smallest absolute Gasteiger partial charge is 0.302 e. The van der Waals surface area contributed by atoms with Gasteiger partial charge in [-0.25, -0.2) is 4.57 Å². The van der Waals surface area contributed by atoms with Gasteiger partial charge in [-0.05, 0) is 24.6 Å². The SMILES string of the molecule is CCc1n2c(ccc3c(C)coc32)c[n+]1C. The van der Waals surface area contributed by atoms with Crippen LogP contribution in [0.15, 0.2) is 29.0 Å². The molecule has 3 aromatic rings. The van der Waals surface area contributed by atoms with E-state index in [1.54, 1.807) is 0 Å². The van der Waals surface area contributed by atoms with Crippen LogP contribution in [0.5, 0.6) is 0 Å². The Morgan fingerprint density at radius 1 is 1.38 bits per heavy atom. The zero-order valence-corrected chi connectivity index (χ0v) is 9.82. The Morgan fingerprint density at radius 3 is 2.94 bits per heavy atom. The van der Waals surface area contributed by atoms with E-state index in [0.717, 1.165) is 12.1 Å². The van der Waals surface area contributed by atoms with Crippen LogP contribution in [-0.2, 0) is 13.5 Å². The lowest BCUT2D eigenvalue weighted by Gasteiger charge is -1.93. The zero-order valence-electron chi connectivity index (χ0n) is 9.82. The molecule has 3 nitrogen and oxygen atoms in total. The average Bonchev–Trinajstić information content (AvgIpc) is 2.78. The van der Waals surface area contributed by atoms with Gasteiger partial charge in [0.1, 0.15) is 6.20 Å². The Bertz CT molecular complexity index is 676. The van der Waals surface area contributed by atoms with Gasteiger partial charge < -0.3 is 4.42 Å². The Kier molecular flexibility index (Phi) is 1.84. The van der Waals surface area contributed by atoms with Gasteiger partial charge in [-0.3, -0.25) is 0 Å². The third-order valence-corrected chi connectivity index (χ3v) is 3.19. The van der Waals surface area contributed by atoms with Crippen molar-refractivity contribution in [2.24, 2.45) is 7.05 Å². The molecule has 82 valence electrons. The molecule has 0 N–H and O–H groups in total. The summed E-state index contributed by atoms with van der Waals surface area (Å²) in [6.45, 7) is 4.24. The van der Waals surface area contributed by atoms with Crippen LogP contribution in [0, 0.1) is 6.92 Å². The lowest BCUT2D eigenvalue weighted by molar-refractivity contribution is -0.677. The Morgan fingerprint density at radius 2 is 2.19 bits per heavy atom. The van der Waals surface area contributed by atoms with Gasteiger partial charge in [-0.1, -0.05) is 6.92 Å². The molecule has 3 heteroatoms. The van der Waals surface area contributed by atoms with Gasteiger partial charge in [0, 0.05) is 6.42 Å². The largest absolute Gasteiger partial charge is 0.430 e. The summed E-state index contributed by atoms with van der Waals surface area (Å²) in [5.74, 6) is 1.26. The third kappa shape index (κ3) is 1.06. The topological polar surface area (TPSA) is 21.4 Å². The molecule has 0 bridgehead atoms. The number of aromatic nitrogens is 2. The molecule has 3 aromatic heterocycles. The predicted molar refractivity (Wildman–Crippen MR) is 62.5 cm³/mol. The predicted octanol–water partition coefficient (Wildman–Crippen LogP) is 2.38. The van der Waals surface area contributed by atoms with Gasteiger partial charge >= 0.3 is 5.71 Å². The Balaban J connectivity index is 2.57. The van der Waals surface area contributed by atoms with Crippen LogP contribution in [0.2, 0.25) is 0 Å². The van der Waals surface area contributed by atoms with Crippen molar-refractivity contribution < 1.29 is 8.98 Å². The van der Waals surface area contributed by atoms with Crippen LogP contribution in [0.25, 0.3) is 16.6 Å². The first-order valence-electron chi connectivity index (χ1n) is 5.59. The van der Waals surface area contributed by atoms with E-state index in [4.69, 9.17) is 4.42 Å². The maximum atomic E-state index is 5.67. The number of hydrogen-bond donors (Lipinski definition) is 0. The maximum absolute atomic E-state index is 5.67. The second-order valence-corrected chi connectivity index (χ2v) is 4.24. The molecule has 0 aliphatic carbocycles. The molecule has 0 saturated heterocycles. The van der Waals surface area contributed by atoms with E-state index in [1.165, 1.54) is 22.3 Å². The fourth-order valence-corrected chi connectivity index (χ4v) is 2.38. The van der Waals surface area contributed by atoms with Crippen molar-refractivity contribution in [3.63, 3.8) is 0 Å². The number of fused-ring (bicyclic) bond motifs is 3. The summed E-state index contributed by atoms with van der Waals surface area (Å²) in [7, 11) is 2.08. The lowest BCUT2D eigenvalue weighted by atomic mass is 10.2. The van der Waals surface area contributed by atoms with Gasteiger partial charge in [0.25, 0.3) is 5.82 Å². The molecule has 0 aromatic carbocycles. The molecule has 16 heavy (non-hydrogen) atoms. The molecule has 0 aliphatic rings. The average molecular weight is 215 g/mol. The molecule has 3 rings (SSSR count). The van der Waals surface area contributed by atoms with Crippen molar-refractivity contribution in [1.29, 1.82) is 0 Å². The van der Waals surface area contributed by atoms with Crippen molar-refractivity contribution in [2.45, 2.75) is 20.3 Å². The Hall–Kier alpha value is -1.77. The summed E-state index contributed by atoms with van der Waals surface area (Å²) < 4.78 is 10.0. The van der Waals surface area contributed by atoms with E-state index in [-0.39, 0.29) is 0 Å². The van der Waals surface area contributed by atoms with Crippen molar-refractivity contribution >= 4 is 16.6 Å². The summed E-state index contributed by atoms with van der Waals surface area (Å²) in [6.07, 6.45) is 4.95. The molecule has 0 atom stereocenters. The summed E-state index contributed by atoms with van der Waals surface area (Å²) in [5, 5.41) is 1.19. The highest BCUT2D eigenvalue weighted by atomic mass is 16.3. The molecular weight excluding hydrogens is 200 g/mol. The number of pyridine rings is 1. The summed E-state index contributed by atoms with van der Waals surface area (Å²) in [5.41, 5.74) is 3.32. The standard InChI is InChI=1S/C13H15N2O/c1-4-12-14(3)7-10-5-6-11-9(2)8-16-13(11)15(10)12/h5-8H,4H2,1-3H3/q+1. The summed E-state index contributed by atoms with van der Waals surface area (Å²) in [4.78, 5) is 0. The normalized spacial score (nSPS) is 11.7. The third-order valence-electron chi connectivity index (χ3n) is 3.19. The highest BCUT2D eigenvalue weighted by molar-refractivity contribution is 5.81. The van der Waals surface area contributed by atoms with E-state index >= 15 is 0 Å². The molecule has 3 heterocycles. The first-order valence-corrected chi connectivity index (χ1v) is 5.59. The van der Waals surface area contributed by atoms with Crippen LogP contribution in [0.4, 0.5) is 0 Å². The van der Waals surface area contributed by atoms with Crippen LogP contribution in [-0.4, -0.2) is 4.40 Å². The second kappa shape index (κ2) is 3.11. The lowest BCUT2D eigenvalue weighted by Crippen LogP contribution is -2.30. The van der Waals surface area contributed by atoms with Crippen molar-refractivity contribution in [3.8, 4) is 0 Å². The van der Waals surface area contributed by atoms with Crippen LogP contribution in [0.3, 0.4) is 0 Å². The molecule has 0 saturated carbocycles. The van der Waals surface area contributed by atoms with Gasteiger partial charge in [0.2, 0.25) is 0 Å². The minimum absolute atomic E-state index is 0.951. The van der Waals surface area contributed by atoms with Crippen LogP contribution < -0.4 is 4.57 Å². The first-order chi connectivity index (χ1) is 7.72. The fourth-order valence-electron chi connectivity index (χ4n) is 2.38. The molecule has 0 spiro atoms. The van der Waals surface area contributed by atoms with E-state index in [9.17, 15) is 0 Å². The second-order valence-electron chi connectivity index (χ2n) is 4.24. The van der Waals surface area contributed by atoms with Crippen molar-refractivity contribution in [1.82, 2.24) is 4.40 Å². The Labute approximate surface area is 93.9 Å². The fraction of sp³-hybridized carbons (Fsp3) is 0.308. The van der Waals surface area contributed by atoms with E-state index < -0.39 is 0 Å². The zero-order chi connectivity index (χ0) is 11.3. The van der Waals surface area contributed by atoms with Crippen LogP contribution in [0.1, 0.15) is 18.3 Å². The number of hydrogen-bond acceptors (Lipinski definition) is 1. The van der Waals surface area contributed by atoms with Crippen LogP contribution >= 0.6 is 0 Å². The number of nitrogens with zero attached hydrogens (tertiary/aromatic N) is 2. The molecule has 0 radical (unpaired) electrons. The molecule has 0 amide bonds. The van der Waals surface area contributed by atoms with Crippen molar-refractivity contribution in [3.05, 3.63) is 36.0 Å². The number of imidazole rings is 1. The van der Waals surface area contributed by atoms with E-state index in [1.807, 2.05) is 6.26 Å². The first kappa shape index (κ1) is 9.46. The van der Waals surface area contributed by atoms with Gasteiger partial charge in [0.15, 0.2) is 5.52 Å². The quantitative estimate of drug-likeness (QED) is 0.571. The number of furan rings is 1. The highest BCUT2D eigenvalue weighted by Crippen LogP contribution is 2.22. The minimum atomic E-state index is 0.951. The molecule has 0 fully saturated rings. The highest BCUT2D eigenvalue weighted by Gasteiger charge is 2.19. The van der Waals surface area contributed by atoms with Gasteiger partial charge in [0.05, 0.1) is 18.7 Å². The van der Waals surface area contributed by atoms with Gasteiger partial charge in [-0.2, -0.15) is 4.40 Å². The molecular formula is C13H15N2O+. The maximum Gasteiger partial charge on any atom is 0.302 e. The summed E-state index contributed by atoms with van der Waals surface area (Å²) >= 11 is 0. The monoisotopic (exact) mass is 215 g/mol. The van der Waals surface area contributed by atoms with Gasteiger partial charge in [-0.15, -0.1) is 0 Å². The molecule has 0 aliphatic heterocycles. The number of rotatable bonds is 1. The summed E-state index contributed by atoms with van der Waals surface area (Å²) in [6, 6.07) is 4.27. The van der Waals surface area contributed by atoms with E-state index in [2.05, 4.69) is 48.2 Å². The van der Waals surface area contributed by atoms with E-state index in [0.29, 0.717) is 0 Å². The van der Waals surface area contributed by atoms with Crippen molar-refractivity contribution in [2.75, 3.05) is 0 Å². The minimum Gasteiger partial charge on any atom is -0.430 e. The number of aryl methyl sites for hydroxylation is 3.